The molecule has 0 saturated carbocycles. The van der Waals surface area contributed by atoms with Gasteiger partial charge in [0.15, 0.2) is 5.82 Å². The highest BCUT2D eigenvalue weighted by Crippen LogP contribution is 2.22. The van der Waals surface area contributed by atoms with Crippen LogP contribution in [0.3, 0.4) is 0 Å². The van der Waals surface area contributed by atoms with Gasteiger partial charge in [0.05, 0.1) is 16.3 Å². The summed E-state index contributed by atoms with van der Waals surface area (Å²) in [7, 11) is 3.92. The summed E-state index contributed by atoms with van der Waals surface area (Å²) in [6.45, 7) is 0.723. The lowest BCUT2D eigenvalue weighted by atomic mass is 10.2. The second-order valence-electron chi connectivity index (χ2n) is 4.59. The molecule has 7 heteroatoms. The molecule has 0 spiro atoms. The molecule has 2 N–H and O–H groups in total. The van der Waals surface area contributed by atoms with Gasteiger partial charge in [-0.2, -0.15) is 5.10 Å². The number of rotatable bonds is 4. The van der Waals surface area contributed by atoms with Gasteiger partial charge in [-0.15, -0.1) is 0 Å². The highest BCUT2D eigenvalue weighted by atomic mass is 79.9. The van der Waals surface area contributed by atoms with E-state index in [0.29, 0.717) is 16.4 Å². The molecule has 2 aromatic rings. The quantitative estimate of drug-likeness (QED) is 0.883. The van der Waals surface area contributed by atoms with Gasteiger partial charge in [-0.25, -0.2) is 0 Å². The van der Waals surface area contributed by atoms with Gasteiger partial charge in [-0.05, 0) is 32.3 Å². The first-order valence-electron chi connectivity index (χ1n) is 5.91. The largest absolute Gasteiger partial charge is 0.305 e. The molecule has 0 atom stereocenters. The van der Waals surface area contributed by atoms with Crippen molar-refractivity contribution >= 4 is 39.3 Å². The van der Waals surface area contributed by atoms with Gasteiger partial charge in [0.25, 0.3) is 5.91 Å². The average Bonchev–Trinajstić information content (AvgIpc) is 2.78. The summed E-state index contributed by atoms with van der Waals surface area (Å²) in [6.07, 6.45) is 0. The molecule has 20 heavy (non-hydrogen) atoms. The van der Waals surface area contributed by atoms with Crippen LogP contribution in [-0.4, -0.2) is 35.1 Å². The number of halogens is 2. The number of carbonyl (C=O) groups is 1. The summed E-state index contributed by atoms with van der Waals surface area (Å²) in [5.74, 6) is 0.182. The minimum absolute atomic E-state index is 0.292. The zero-order valence-electron chi connectivity index (χ0n) is 11.1. The second-order valence-corrected chi connectivity index (χ2v) is 5.92. The Morgan fingerprint density at radius 1 is 1.45 bits per heavy atom. The molecule has 0 bridgehead atoms. The predicted molar refractivity (Wildman–Crippen MR) is 83.1 cm³/mol. The number of amides is 1. The number of carbonyl (C=O) groups excluding carboxylic acids is 1. The Morgan fingerprint density at radius 3 is 2.90 bits per heavy atom. The monoisotopic (exact) mass is 356 g/mol. The minimum atomic E-state index is -0.292. The molecule has 0 fully saturated rings. The summed E-state index contributed by atoms with van der Waals surface area (Å²) in [5.41, 5.74) is 1.32. The lowest BCUT2D eigenvalue weighted by molar-refractivity contribution is 0.102. The van der Waals surface area contributed by atoms with Crippen LogP contribution in [0.25, 0.3) is 0 Å². The molecule has 0 aliphatic heterocycles. The normalized spacial score (nSPS) is 10.8. The first-order valence-corrected chi connectivity index (χ1v) is 7.08. The van der Waals surface area contributed by atoms with E-state index in [2.05, 4.69) is 31.4 Å². The smallest absolute Gasteiger partial charge is 0.258 e. The van der Waals surface area contributed by atoms with Gasteiger partial charge in [0.1, 0.15) is 0 Å². The number of hydrogen-bond donors (Lipinski definition) is 2. The Morgan fingerprint density at radius 2 is 2.20 bits per heavy atom. The highest BCUT2D eigenvalue weighted by Gasteiger charge is 2.13. The fourth-order valence-electron chi connectivity index (χ4n) is 1.70. The fourth-order valence-corrected chi connectivity index (χ4v) is 2.27. The molecule has 0 aliphatic carbocycles. The summed E-state index contributed by atoms with van der Waals surface area (Å²) >= 11 is 9.33. The summed E-state index contributed by atoms with van der Waals surface area (Å²) in [4.78, 5) is 14.1. The first kappa shape index (κ1) is 15.0. The predicted octanol–water partition coefficient (Wildman–Crippen LogP) is 3.14. The Balaban J connectivity index is 2.11. The van der Waals surface area contributed by atoms with Crippen molar-refractivity contribution in [2.45, 2.75) is 6.54 Å². The molecule has 1 aromatic carbocycles. The van der Waals surface area contributed by atoms with Crippen molar-refractivity contribution in [1.29, 1.82) is 0 Å². The van der Waals surface area contributed by atoms with Gasteiger partial charge in [-0.1, -0.05) is 27.5 Å². The number of nitrogens with zero attached hydrogens (tertiary/aromatic N) is 2. The molecule has 106 valence electrons. The Bertz CT molecular complexity index is 627. The van der Waals surface area contributed by atoms with Crippen LogP contribution in [0.15, 0.2) is 28.7 Å². The van der Waals surface area contributed by atoms with E-state index in [0.717, 1.165) is 16.7 Å². The van der Waals surface area contributed by atoms with E-state index in [-0.39, 0.29) is 5.91 Å². The SMILES string of the molecule is CN(C)Cc1cc(NC(=O)c2cc(Br)ccc2Cl)n[nH]1. The standard InChI is InChI=1S/C13H14BrClN4O/c1-19(2)7-9-6-12(18-17-9)16-13(20)10-5-8(14)3-4-11(10)15/h3-6H,7H2,1-2H3,(H2,16,17,18,20). The first-order chi connectivity index (χ1) is 9.45. The van der Waals surface area contributed by atoms with Crippen molar-refractivity contribution in [1.82, 2.24) is 15.1 Å². The molecule has 1 heterocycles. The molecule has 1 amide bonds. The average molecular weight is 358 g/mol. The minimum Gasteiger partial charge on any atom is -0.305 e. The lowest BCUT2D eigenvalue weighted by Gasteiger charge is -2.06. The fraction of sp³-hybridized carbons (Fsp3) is 0.231. The van der Waals surface area contributed by atoms with Crippen LogP contribution in [-0.2, 0) is 6.54 Å². The van der Waals surface area contributed by atoms with Crippen molar-refractivity contribution in [3.05, 3.63) is 45.0 Å². The van der Waals surface area contributed by atoms with Gasteiger partial charge in [0.2, 0.25) is 0 Å². The number of aromatic nitrogens is 2. The summed E-state index contributed by atoms with van der Waals surface area (Å²) in [6, 6.07) is 6.92. The summed E-state index contributed by atoms with van der Waals surface area (Å²) < 4.78 is 0.794. The van der Waals surface area contributed by atoms with Crippen LogP contribution >= 0.6 is 27.5 Å². The van der Waals surface area contributed by atoms with Crippen molar-refractivity contribution in [3.8, 4) is 0 Å². The number of aromatic amines is 1. The molecular weight excluding hydrogens is 344 g/mol. The molecule has 0 radical (unpaired) electrons. The van der Waals surface area contributed by atoms with Gasteiger partial charge >= 0.3 is 0 Å². The van der Waals surface area contributed by atoms with Crippen molar-refractivity contribution in [2.75, 3.05) is 19.4 Å². The maximum atomic E-state index is 12.1. The van der Waals surface area contributed by atoms with E-state index < -0.39 is 0 Å². The lowest BCUT2D eigenvalue weighted by Crippen LogP contribution is -2.13. The van der Waals surface area contributed by atoms with E-state index in [4.69, 9.17) is 11.6 Å². The maximum absolute atomic E-state index is 12.1. The molecule has 5 nitrogen and oxygen atoms in total. The molecule has 2 rings (SSSR count). The Hall–Kier alpha value is -1.37. The molecule has 0 aliphatic rings. The van der Waals surface area contributed by atoms with Crippen molar-refractivity contribution in [2.24, 2.45) is 0 Å². The van der Waals surface area contributed by atoms with Crippen molar-refractivity contribution < 1.29 is 4.79 Å². The number of nitrogens with one attached hydrogen (secondary N) is 2. The topological polar surface area (TPSA) is 61.0 Å². The van der Waals surface area contributed by atoms with Crippen LogP contribution in [0.5, 0.6) is 0 Å². The van der Waals surface area contributed by atoms with Crippen LogP contribution in [0.1, 0.15) is 16.1 Å². The van der Waals surface area contributed by atoms with Crippen molar-refractivity contribution in [3.63, 3.8) is 0 Å². The van der Waals surface area contributed by atoms with Gasteiger partial charge in [-0.3, -0.25) is 9.89 Å². The Kier molecular flexibility index (Phi) is 4.80. The Labute approximate surface area is 130 Å². The zero-order chi connectivity index (χ0) is 14.7. The number of benzene rings is 1. The second kappa shape index (κ2) is 6.39. The van der Waals surface area contributed by atoms with Crippen LogP contribution in [0.4, 0.5) is 5.82 Å². The number of H-pyrrole nitrogens is 1. The van der Waals surface area contributed by atoms with E-state index in [1.165, 1.54) is 0 Å². The number of hydrogen-bond acceptors (Lipinski definition) is 3. The summed E-state index contributed by atoms with van der Waals surface area (Å²) in [5, 5.41) is 10.0. The van der Waals surface area contributed by atoms with E-state index in [1.54, 1.807) is 24.3 Å². The third-order valence-corrected chi connectivity index (χ3v) is 3.35. The van der Waals surface area contributed by atoms with E-state index in [9.17, 15) is 4.79 Å². The highest BCUT2D eigenvalue weighted by molar-refractivity contribution is 9.10. The van der Waals surface area contributed by atoms with E-state index in [1.807, 2.05) is 19.0 Å². The maximum Gasteiger partial charge on any atom is 0.258 e. The van der Waals surface area contributed by atoms with Crippen LogP contribution < -0.4 is 5.32 Å². The van der Waals surface area contributed by atoms with Gasteiger partial charge < -0.3 is 10.2 Å². The molecule has 1 aromatic heterocycles. The van der Waals surface area contributed by atoms with E-state index >= 15 is 0 Å². The van der Waals surface area contributed by atoms with Crippen LogP contribution in [0.2, 0.25) is 5.02 Å². The molecule has 0 saturated heterocycles. The molecule has 0 unspecified atom stereocenters. The number of anilines is 1. The zero-order valence-corrected chi connectivity index (χ0v) is 13.4. The third-order valence-electron chi connectivity index (χ3n) is 2.53. The third kappa shape index (κ3) is 3.82. The van der Waals surface area contributed by atoms with Crippen LogP contribution in [0, 0.1) is 0 Å². The van der Waals surface area contributed by atoms with Gasteiger partial charge in [0, 0.05) is 17.1 Å². The molecular formula is C13H14BrClN4O.